The number of hydrogen-bond donors (Lipinski definition) is 2. The van der Waals surface area contributed by atoms with Crippen LogP contribution < -0.4 is 0 Å². The van der Waals surface area contributed by atoms with E-state index in [-0.39, 0.29) is 18.2 Å². The fourth-order valence-corrected chi connectivity index (χ4v) is 1.83. The second-order valence-electron chi connectivity index (χ2n) is 4.39. The highest BCUT2D eigenvalue weighted by molar-refractivity contribution is 5.84. The third-order valence-electron chi connectivity index (χ3n) is 3.12. The van der Waals surface area contributed by atoms with Crippen LogP contribution in [-0.2, 0) is 16.0 Å². The average molecular weight is 253 g/mol. The third-order valence-corrected chi connectivity index (χ3v) is 3.12. The lowest BCUT2D eigenvalue weighted by Gasteiger charge is -2.28. The van der Waals surface area contributed by atoms with Gasteiger partial charge < -0.3 is 15.0 Å². The van der Waals surface area contributed by atoms with E-state index in [4.69, 9.17) is 0 Å². The smallest absolute Gasteiger partial charge is 0.326 e. The normalized spacial score (nSPS) is 13.9. The van der Waals surface area contributed by atoms with Gasteiger partial charge in [-0.2, -0.15) is 0 Å². The number of aliphatic carboxylic acids is 1. The molecular weight excluding hydrogens is 234 g/mol. The number of H-pyrrole nitrogens is 1. The van der Waals surface area contributed by atoms with Crippen LogP contribution in [0.2, 0.25) is 0 Å². The molecule has 2 N–H and O–H groups in total. The SMILES string of the molecule is CC[C@H](C)[C@@H](C(=O)O)N(C)C(=O)Cc1ncc[nH]1. The number of aromatic nitrogens is 2. The summed E-state index contributed by atoms with van der Waals surface area (Å²) in [5.41, 5.74) is 0. The van der Waals surface area contributed by atoms with Crippen LogP contribution in [0.3, 0.4) is 0 Å². The molecule has 0 aromatic carbocycles. The largest absolute Gasteiger partial charge is 0.480 e. The zero-order valence-corrected chi connectivity index (χ0v) is 10.9. The number of carboxylic acids is 1. The number of likely N-dealkylation sites (N-methyl/N-ethyl adjacent to an activating group) is 1. The Morgan fingerprint density at radius 1 is 1.56 bits per heavy atom. The first-order chi connectivity index (χ1) is 8.47. The van der Waals surface area contributed by atoms with E-state index in [1.54, 1.807) is 12.4 Å². The van der Waals surface area contributed by atoms with Crippen molar-refractivity contribution in [2.75, 3.05) is 7.05 Å². The number of carbonyl (C=O) groups is 2. The number of carbonyl (C=O) groups excluding carboxylic acids is 1. The Morgan fingerprint density at radius 2 is 2.22 bits per heavy atom. The van der Waals surface area contributed by atoms with E-state index < -0.39 is 12.0 Å². The Hall–Kier alpha value is -1.85. The Kier molecular flexibility index (Phi) is 4.88. The molecule has 1 amide bonds. The first-order valence-corrected chi connectivity index (χ1v) is 5.94. The quantitative estimate of drug-likeness (QED) is 0.789. The lowest BCUT2D eigenvalue weighted by Crippen LogP contribution is -2.46. The van der Waals surface area contributed by atoms with E-state index in [0.29, 0.717) is 12.2 Å². The van der Waals surface area contributed by atoms with E-state index in [1.807, 2.05) is 13.8 Å². The van der Waals surface area contributed by atoms with Gasteiger partial charge in [0.1, 0.15) is 11.9 Å². The fraction of sp³-hybridized carbons (Fsp3) is 0.583. The Bertz CT molecular complexity index is 403. The van der Waals surface area contributed by atoms with Crippen molar-refractivity contribution >= 4 is 11.9 Å². The molecule has 1 aromatic heterocycles. The van der Waals surface area contributed by atoms with Crippen LogP contribution in [0.5, 0.6) is 0 Å². The van der Waals surface area contributed by atoms with E-state index in [0.717, 1.165) is 0 Å². The standard InChI is InChI=1S/C12H19N3O3/c1-4-8(2)11(12(17)18)15(3)10(16)7-9-13-5-6-14-9/h5-6,8,11H,4,7H2,1-3H3,(H,13,14)(H,17,18)/t8-,11-/m0/s1. The minimum atomic E-state index is -0.973. The van der Waals surface area contributed by atoms with Crippen molar-refractivity contribution in [1.29, 1.82) is 0 Å². The van der Waals surface area contributed by atoms with Gasteiger partial charge in [0.25, 0.3) is 0 Å². The molecule has 0 fully saturated rings. The van der Waals surface area contributed by atoms with Gasteiger partial charge >= 0.3 is 5.97 Å². The molecule has 0 aliphatic rings. The van der Waals surface area contributed by atoms with Crippen LogP contribution in [0.15, 0.2) is 12.4 Å². The van der Waals surface area contributed by atoms with Gasteiger partial charge in [0.05, 0.1) is 6.42 Å². The number of imidazole rings is 1. The van der Waals surface area contributed by atoms with Crippen molar-refractivity contribution in [3.8, 4) is 0 Å². The van der Waals surface area contributed by atoms with Crippen LogP contribution in [0.1, 0.15) is 26.1 Å². The van der Waals surface area contributed by atoms with Gasteiger partial charge in [0.15, 0.2) is 0 Å². The van der Waals surface area contributed by atoms with Crippen LogP contribution in [0.25, 0.3) is 0 Å². The van der Waals surface area contributed by atoms with Crippen molar-refractivity contribution in [1.82, 2.24) is 14.9 Å². The molecule has 6 nitrogen and oxygen atoms in total. The van der Waals surface area contributed by atoms with Crippen molar-refractivity contribution in [2.45, 2.75) is 32.7 Å². The third kappa shape index (κ3) is 3.32. The molecule has 0 saturated carbocycles. The monoisotopic (exact) mass is 253 g/mol. The van der Waals surface area contributed by atoms with Crippen LogP contribution in [0.4, 0.5) is 0 Å². The highest BCUT2D eigenvalue weighted by Gasteiger charge is 2.30. The summed E-state index contributed by atoms with van der Waals surface area (Å²) in [6, 6.07) is -0.794. The van der Waals surface area contributed by atoms with Gasteiger partial charge in [-0.05, 0) is 5.92 Å². The van der Waals surface area contributed by atoms with Gasteiger partial charge in [-0.15, -0.1) is 0 Å². The first kappa shape index (κ1) is 14.2. The first-order valence-electron chi connectivity index (χ1n) is 5.94. The van der Waals surface area contributed by atoms with Crippen molar-refractivity contribution in [2.24, 2.45) is 5.92 Å². The summed E-state index contributed by atoms with van der Waals surface area (Å²) >= 11 is 0. The summed E-state index contributed by atoms with van der Waals surface area (Å²) in [5.74, 6) is -0.773. The summed E-state index contributed by atoms with van der Waals surface area (Å²) in [7, 11) is 1.52. The second kappa shape index (κ2) is 6.18. The molecule has 1 aromatic rings. The molecule has 1 rings (SSSR count). The molecule has 0 aliphatic heterocycles. The number of aromatic amines is 1. The number of hydrogen-bond acceptors (Lipinski definition) is 3. The molecule has 0 aliphatic carbocycles. The molecular formula is C12H19N3O3. The van der Waals surface area contributed by atoms with E-state index in [9.17, 15) is 14.7 Å². The number of amides is 1. The van der Waals surface area contributed by atoms with Crippen molar-refractivity contribution < 1.29 is 14.7 Å². The lowest BCUT2D eigenvalue weighted by atomic mass is 9.98. The predicted molar refractivity (Wildman–Crippen MR) is 65.9 cm³/mol. The fourth-order valence-electron chi connectivity index (χ4n) is 1.83. The summed E-state index contributed by atoms with van der Waals surface area (Å²) in [5, 5.41) is 9.20. The predicted octanol–water partition coefficient (Wildman–Crippen LogP) is 0.910. The van der Waals surface area contributed by atoms with E-state index >= 15 is 0 Å². The van der Waals surface area contributed by atoms with Crippen molar-refractivity contribution in [3.63, 3.8) is 0 Å². The molecule has 1 heterocycles. The molecule has 2 atom stereocenters. The zero-order chi connectivity index (χ0) is 13.7. The van der Waals surface area contributed by atoms with Crippen LogP contribution >= 0.6 is 0 Å². The molecule has 0 spiro atoms. The Morgan fingerprint density at radius 3 is 2.67 bits per heavy atom. The van der Waals surface area contributed by atoms with Crippen LogP contribution in [0, 0.1) is 5.92 Å². The second-order valence-corrected chi connectivity index (χ2v) is 4.39. The lowest BCUT2D eigenvalue weighted by molar-refractivity contribution is -0.151. The zero-order valence-electron chi connectivity index (χ0n) is 10.9. The minimum absolute atomic E-state index is 0.0870. The molecule has 0 unspecified atom stereocenters. The number of nitrogens with zero attached hydrogens (tertiary/aromatic N) is 2. The Balaban J connectivity index is 2.73. The maximum absolute atomic E-state index is 12.0. The van der Waals surface area contributed by atoms with Crippen LogP contribution in [-0.4, -0.2) is 44.9 Å². The summed E-state index contributed by atoms with van der Waals surface area (Å²) < 4.78 is 0. The highest BCUT2D eigenvalue weighted by Crippen LogP contribution is 2.14. The van der Waals surface area contributed by atoms with Gasteiger partial charge in [-0.3, -0.25) is 4.79 Å². The maximum atomic E-state index is 12.0. The Labute approximate surface area is 106 Å². The number of nitrogens with one attached hydrogen (secondary N) is 1. The summed E-state index contributed by atoms with van der Waals surface area (Å²) in [6.45, 7) is 3.74. The molecule has 0 saturated heterocycles. The minimum Gasteiger partial charge on any atom is -0.480 e. The molecule has 6 heteroatoms. The average Bonchev–Trinajstić information content (AvgIpc) is 2.81. The van der Waals surface area contributed by atoms with Gasteiger partial charge in [-0.1, -0.05) is 20.3 Å². The van der Waals surface area contributed by atoms with Crippen molar-refractivity contribution in [3.05, 3.63) is 18.2 Å². The maximum Gasteiger partial charge on any atom is 0.326 e. The summed E-state index contributed by atoms with van der Waals surface area (Å²) in [4.78, 5) is 31.3. The molecule has 0 bridgehead atoms. The topological polar surface area (TPSA) is 86.3 Å². The van der Waals surface area contributed by atoms with Gasteiger partial charge in [-0.25, -0.2) is 9.78 Å². The van der Waals surface area contributed by atoms with E-state index in [2.05, 4.69) is 9.97 Å². The highest BCUT2D eigenvalue weighted by atomic mass is 16.4. The number of carboxylic acid groups (broad SMARTS) is 1. The van der Waals surface area contributed by atoms with E-state index in [1.165, 1.54) is 11.9 Å². The van der Waals surface area contributed by atoms with Gasteiger partial charge in [0.2, 0.25) is 5.91 Å². The molecule has 18 heavy (non-hydrogen) atoms. The molecule has 100 valence electrons. The number of rotatable bonds is 6. The molecule has 0 radical (unpaired) electrons. The summed E-state index contributed by atoms with van der Waals surface area (Å²) in [6.07, 6.45) is 3.98. The van der Waals surface area contributed by atoms with Gasteiger partial charge in [0, 0.05) is 19.4 Å².